The van der Waals surface area contributed by atoms with Crippen molar-refractivity contribution in [3.63, 3.8) is 0 Å². The minimum atomic E-state index is -0.563. The largest absolute Gasteiger partial charge is 0.491 e. The number of ether oxygens (including phenoxy) is 1. The maximum absolute atomic E-state index is 13.2. The van der Waals surface area contributed by atoms with Crippen LogP contribution in [0.4, 0.5) is 11.8 Å². The van der Waals surface area contributed by atoms with Gasteiger partial charge in [0.15, 0.2) is 11.6 Å². The van der Waals surface area contributed by atoms with Crippen LogP contribution in [0, 0.1) is 5.92 Å². The number of imidazole rings is 1. The second-order valence-electron chi connectivity index (χ2n) is 10.6. The second-order valence-corrected chi connectivity index (χ2v) is 10.6. The number of pyridine rings is 1. The fraction of sp³-hybridized carbons (Fsp3) is 0.538. The number of aromatic nitrogens is 4. The number of nitrogens with zero attached hydrogens (tertiary/aromatic N) is 7. The number of hydrogen-bond acceptors (Lipinski definition) is 8. The molecule has 2 saturated heterocycles. The maximum Gasteiger partial charge on any atom is 0.227 e. The summed E-state index contributed by atoms with van der Waals surface area (Å²) in [6.07, 6.45) is 5.54. The van der Waals surface area contributed by atoms with Crippen LogP contribution < -0.4 is 19.9 Å². The smallest absolute Gasteiger partial charge is 0.227 e. The molecule has 5 rings (SSSR count). The van der Waals surface area contributed by atoms with Gasteiger partial charge in [0.1, 0.15) is 5.65 Å². The second kappa shape index (κ2) is 9.24. The summed E-state index contributed by atoms with van der Waals surface area (Å²) in [5, 5.41) is 3.23. The highest BCUT2D eigenvalue weighted by atomic mass is 16.5. The van der Waals surface area contributed by atoms with Gasteiger partial charge >= 0.3 is 0 Å². The van der Waals surface area contributed by atoms with Crippen molar-refractivity contribution in [3.05, 3.63) is 42.5 Å². The molecule has 2 aliphatic heterocycles. The third kappa shape index (κ3) is 4.34. The third-order valence-electron chi connectivity index (χ3n) is 7.63. The van der Waals surface area contributed by atoms with Crippen LogP contribution in [0.15, 0.2) is 36.8 Å². The highest BCUT2D eigenvalue weighted by molar-refractivity contribution is 5.83. The molecule has 2 atom stereocenters. The number of hydrogen-bond donors (Lipinski definition) is 1. The summed E-state index contributed by atoms with van der Waals surface area (Å²) in [6.45, 7) is 11.4. The Hall–Kier alpha value is -3.40. The van der Waals surface area contributed by atoms with E-state index in [0.29, 0.717) is 36.9 Å². The molecule has 0 spiro atoms. The summed E-state index contributed by atoms with van der Waals surface area (Å²) in [6, 6.07) is 6.70. The van der Waals surface area contributed by atoms with E-state index in [-0.39, 0.29) is 11.8 Å². The van der Waals surface area contributed by atoms with Gasteiger partial charge in [-0.05, 0) is 46.9 Å². The van der Waals surface area contributed by atoms with Gasteiger partial charge < -0.3 is 24.3 Å². The lowest BCUT2D eigenvalue weighted by Gasteiger charge is -2.43. The first-order valence-corrected chi connectivity index (χ1v) is 12.6. The van der Waals surface area contributed by atoms with Gasteiger partial charge in [-0.1, -0.05) is 6.07 Å². The summed E-state index contributed by atoms with van der Waals surface area (Å²) >= 11 is 0. The molecule has 3 aromatic rings. The van der Waals surface area contributed by atoms with Crippen molar-refractivity contribution in [2.24, 2.45) is 5.92 Å². The van der Waals surface area contributed by atoms with Crippen LogP contribution in [0.5, 0.6) is 5.75 Å². The topological polar surface area (TPSA) is 91.1 Å². The Bertz CT molecular complexity index is 1240. The summed E-state index contributed by atoms with van der Waals surface area (Å²) in [7, 11) is 3.79. The SMILES string of the molecule is COc1cnc(N2CC(C)N(C)[C@H](C)C2)nc1N1CC(C(=O)NC(C)(C)c2cnc3ccccn23)C1. The molecular formula is C26H36N8O2. The zero-order valence-electron chi connectivity index (χ0n) is 22.0. The minimum Gasteiger partial charge on any atom is -0.491 e. The van der Waals surface area contributed by atoms with Crippen LogP contribution in [0.25, 0.3) is 5.65 Å². The highest BCUT2D eigenvalue weighted by Gasteiger charge is 2.38. The van der Waals surface area contributed by atoms with Gasteiger partial charge in [0.05, 0.1) is 36.7 Å². The normalized spacial score (nSPS) is 21.5. The lowest BCUT2D eigenvalue weighted by atomic mass is 9.95. The molecule has 1 amide bonds. The van der Waals surface area contributed by atoms with E-state index in [9.17, 15) is 4.79 Å². The number of fused-ring (bicyclic) bond motifs is 1. The molecule has 0 radical (unpaired) electrons. The van der Waals surface area contributed by atoms with E-state index in [1.807, 2.05) is 48.8 Å². The minimum absolute atomic E-state index is 0.0251. The fourth-order valence-electron chi connectivity index (χ4n) is 5.13. The van der Waals surface area contributed by atoms with Gasteiger partial charge in [0, 0.05) is 44.5 Å². The van der Waals surface area contributed by atoms with Crippen molar-refractivity contribution in [2.45, 2.75) is 45.3 Å². The summed E-state index contributed by atoms with van der Waals surface area (Å²) in [5.41, 5.74) is 1.24. The van der Waals surface area contributed by atoms with Crippen molar-refractivity contribution in [1.29, 1.82) is 0 Å². The predicted molar refractivity (Wildman–Crippen MR) is 140 cm³/mol. The van der Waals surface area contributed by atoms with Crippen LogP contribution >= 0.6 is 0 Å². The number of amides is 1. The first-order chi connectivity index (χ1) is 17.2. The highest BCUT2D eigenvalue weighted by Crippen LogP contribution is 2.33. The van der Waals surface area contributed by atoms with E-state index in [4.69, 9.17) is 9.72 Å². The molecule has 36 heavy (non-hydrogen) atoms. The molecule has 0 bridgehead atoms. The van der Waals surface area contributed by atoms with Gasteiger partial charge in [0.25, 0.3) is 0 Å². The van der Waals surface area contributed by atoms with Crippen LogP contribution in [-0.4, -0.2) is 82.6 Å². The summed E-state index contributed by atoms with van der Waals surface area (Å²) < 4.78 is 7.58. The Labute approximate surface area is 212 Å². The lowest BCUT2D eigenvalue weighted by molar-refractivity contribution is -0.127. The number of anilines is 2. The van der Waals surface area contributed by atoms with E-state index in [2.05, 4.69) is 50.9 Å². The monoisotopic (exact) mass is 492 g/mol. The Morgan fingerprint density at radius 1 is 1.06 bits per heavy atom. The molecule has 192 valence electrons. The van der Waals surface area contributed by atoms with Crippen LogP contribution in [0.3, 0.4) is 0 Å². The number of methoxy groups -OCH3 is 1. The number of carbonyl (C=O) groups excluding carboxylic acids is 1. The predicted octanol–water partition coefficient (Wildman–Crippen LogP) is 2.15. The number of piperazine rings is 1. The lowest BCUT2D eigenvalue weighted by Crippen LogP contribution is -2.57. The van der Waals surface area contributed by atoms with E-state index in [1.54, 1.807) is 13.3 Å². The van der Waals surface area contributed by atoms with E-state index in [1.165, 1.54) is 0 Å². The number of rotatable bonds is 6. The molecule has 10 heteroatoms. The summed E-state index contributed by atoms with van der Waals surface area (Å²) in [4.78, 5) is 33.8. The maximum atomic E-state index is 13.2. The van der Waals surface area contributed by atoms with Crippen LogP contribution in [0.2, 0.25) is 0 Å². The first-order valence-electron chi connectivity index (χ1n) is 12.6. The van der Waals surface area contributed by atoms with Crippen molar-refractivity contribution in [3.8, 4) is 5.75 Å². The quantitative estimate of drug-likeness (QED) is 0.560. The molecule has 1 N–H and O–H groups in total. The number of likely N-dealkylation sites (N-methyl/N-ethyl adjacent to an activating group) is 1. The Morgan fingerprint density at radius 3 is 2.47 bits per heavy atom. The molecule has 2 aliphatic rings. The van der Waals surface area contributed by atoms with Crippen molar-refractivity contribution >= 4 is 23.3 Å². The number of nitrogens with one attached hydrogen (secondary N) is 1. The average molecular weight is 493 g/mol. The zero-order chi connectivity index (χ0) is 25.6. The summed E-state index contributed by atoms with van der Waals surface area (Å²) in [5.74, 6) is 1.97. The van der Waals surface area contributed by atoms with Crippen LogP contribution in [0.1, 0.15) is 33.4 Å². The van der Waals surface area contributed by atoms with E-state index < -0.39 is 5.54 Å². The average Bonchev–Trinajstić information content (AvgIpc) is 3.26. The molecule has 2 fully saturated rings. The molecule has 0 aromatic carbocycles. The Kier molecular flexibility index (Phi) is 6.23. The van der Waals surface area contributed by atoms with E-state index >= 15 is 0 Å². The molecule has 5 heterocycles. The van der Waals surface area contributed by atoms with Gasteiger partial charge in [-0.3, -0.25) is 9.69 Å². The molecule has 3 aromatic heterocycles. The molecule has 0 aliphatic carbocycles. The standard InChI is InChI=1S/C26H36N8O2/c1-17-13-33(14-18(2)31(17)5)25-28-11-20(36-6)23(29-25)32-15-19(16-32)24(35)30-26(3,4)21-12-27-22-9-7-8-10-34(21)22/h7-12,17-19H,13-16H2,1-6H3,(H,30,35)/t17-,18?/m1/s1. The first kappa shape index (κ1) is 24.3. The van der Waals surface area contributed by atoms with Gasteiger partial charge in [-0.15, -0.1) is 0 Å². The third-order valence-corrected chi connectivity index (χ3v) is 7.63. The number of carbonyl (C=O) groups is 1. The fourth-order valence-corrected chi connectivity index (χ4v) is 5.13. The molecular weight excluding hydrogens is 456 g/mol. The Balaban J connectivity index is 1.27. The van der Waals surface area contributed by atoms with E-state index in [0.717, 1.165) is 30.2 Å². The molecule has 1 unspecified atom stereocenters. The van der Waals surface area contributed by atoms with Crippen LogP contribution in [-0.2, 0) is 10.3 Å². The molecule has 0 saturated carbocycles. The van der Waals surface area contributed by atoms with Crippen molar-refractivity contribution in [2.75, 3.05) is 50.1 Å². The zero-order valence-corrected chi connectivity index (χ0v) is 22.0. The van der Waals surface area contributed by atoms with Gasteiger partial charge in [-0.25, -0.2) is 9.97 Å². The Morgan fingerprint density at radius 2 is 1.78 bits per heavy atom. The van der Waals surface area contributed by atoms with Gasteiger partial charge in [0.2, 0.25) is 11.9 Å². The van der Waals surface area contributed by atoms with Gasteiger partial charge in [-0.2, -0.15) is 4.98 Å². The van der Waals surface area contributed by atoms with Crippen molar-refractivity contribution in [1.82, 2.24) is 29.6 Å². The van der Waals surface area contributed by atoms with Crippen molar-refractivity contribution < 1.29 is 9.53 Å². The molecule has 10 nitrogen and oxygen atoms in total.